The van der Waals surface area contributed by atoms with E-state index in [1.165, 1.54) is 29.3 Å². The number of ether oxygens (including phenoxy) is 4. The number of carboxylic acid groups (broad SMARTS) is 3. The summed E-state index contributed by atoms with van der Waals surface area (Å²) in [5.41, 5.74) is 2.02. The molecule has 0 saturated carbocycles. The number of hydrogen-bond donors (Lipinski definition) is 3. The molecule has 2 aromatic rings. The summed E-state index contributed by atoms with van der Waals surface area (Å²) >= 11 is 0. The quantitative estimate of drug-likeness (QED) is 0.145. The number of rotatable bonds is 13. The van der Waals surface area contributed by atoms with Crippen molar-refractivity contribution in [2.75, 3.05) is 162 Å². The zero-order valence-corrected chi connectivity index (χ0v) is 35.4. The molecule has 2 fully saturated rings. The van der Waals surface area contributed by atoms with Crippen LogP contribution in [0.5, 0.6) is 0 Å². The summed E-state index contributed by atoms with van der Waals surface area (Å²) in [7, 11) is 0. The lowest BCUT2D eigenvalue weighted by molar-refractivity contribution is -0.384. The predicted octanol–water partition coefficient (Wildman–Crippen LogP) is 1.13. The minimum atomic E-state index is -1.04. The summed E-state index contributed by atoms with van der Waals surface area (Å²) in [6.07, 6.45) is 0. The molecule has 0 atom stereocenters. The average molecular weight is 890 g/mol. The van der Waals surface area contributed by atoms with E-state index in [0.717, 1.165) is 5.69 Å². The molecule has 3 N–H and O–H groups in total. The molecule has 2 heterocycles. The van der Waals surface area contributed by atoms with Crippen LogP contribution >= 0.6 is 0 Å². The summed E-state index contributed by atoms with van der Waals surface area (Å²) < 4.78 is 23.3. The third-order valence-corrected chi connectivity index (χ3v) is 9.87. The van der Waals surface area contributed by atoms with Gasteiger partial charge in [0.15, 0.2) is 0 Å². The number of nitro benzene ring substituents is 1. The third kappa shape index (κ3) is 21.1. The van der Waals surface area contributed by atoms with Gasteiger partial charge in [-0.15, -0.1) is 5.06 Å². The first kappa shape index (κ1) is 50.4. The lowest BCUT2D eigenvalue weighted by Gasteiger charge is -2.33. The molecule has 0 unspecified atom stereocenters. The van der Waals surface area contributed by atoms with Crippen molar-refractivity contribution in [3.63, 3.8) is 0 Å². The van der Waals surface area contributed by atoms with Crippen LogP contribution in [0.4, 0.5) is 22.7 Å². The lowest BCUT2D eigenvalue weighted by Crippen LogP contribution is -2.49. The van der Waals surface area contributed by atoms with Crippen molar-refractivity contribution in [1.82, 2.24) is 24.7 Å². The van der Waals surface area contributed by atoms with Gasteiger partial charge in [-0.25, -0.2) is 4.79 Å². The average Bonchev–Trinajstić information content (AvgIpc) is 3.24. The highest BCUT2D eigenvalue weighted by molar-refractivity contribution is 5.71. The largest absolute Gasteiger partial charge is 0.480 e. The van der Waals surface area contributed by atoms with Crippen LogP contribution in [0.1, 0.15) is 0 Å². The molecule has 0 aromatic heterocycles. The zero-order valence-electron chi connectivity index (χ0n) is 35.4. The molecule has 4 rings (SSSR count). The van der Waals surface area contributed by atoms with Gasteiger partial charge in [-0.2, -0.15) is 10.2 Å². The number of anilines is 1. The first-order valence-electron chi connectivity index (χ1n) is 20.8. The van der Waals surface area contributed by atoms with Gasteiger partial charge >= 0.3 is 23.9 Å². The molecular formula is C40H59N9O14. The minimum absolute atomic E-state index is 0.0213. The fourth-order valence-electron chi connectivity index (χ4n) is 6.53. The third-order valence-electron chi connectivity index (χ3n) is 9.87. The fourth-order valence-corrected chi connectivity index (χ4v) is 6.53. The molecule has 2 saturated heterocycles. The maximum Gasteiger partial charge on any atom is 0.339 e. The second-order valence-electron chi connectivity index (χ2n) is 14.6. The van der Waals surface area contributed by atoms with Crippen LogP contribution in [0.3, 0.4) is 0 Å². The van der Waals surface area contributed by atoms with Crippen LogP contribution in [0, 0.1) is 10.1 Å². The van der Waals surface area contributed by atoms with Crippen LogP contribution in [0.25, 0.3) is 0 Å². The lowest BCUT2D eigenvalue weighted by atomic mass is 10.2. The Morgan fingerprint density at radius 3 is 1.24 bits per heavy atom. The molecular weight excluding hydrogens is 830 g/mol. The summed E-state index contributed by atoms with van der Waals surface area (Å²) in [5.74, 6) is -3.68. The monoisotopic (exact) mass is 889 g/mol. The Morgan fingerprint density at radius 2 is 0.873 bits per heavy atom. The Bertz CT molecular complexity index is 1690. The maximum atomic E-state index is 13.4. The first-order chi connectivity index (χ1) is 30.4. The maximum absolute atomic E-state index is 13.4. The van der Waals surface area contributed by atoms with Gasteiger partial charge in [-0.05, 0) is 36.4 Å². The second kappa shape index (κ2) is 28.4. The first-order valence-corrected chi connectivity index (χ1v) is 20.8. The Morgan fingerprint density at radius 1 is 0.524 bits per heavy atom. The molecule has 0 radical (unpaired) electrons. The van der Waals surface area contributed by atoms with E-state index in [1.54, 1.807) is 19.6 Å². The zero-order chi connectivity index (χ0) is 45.2. The molecule has 0 bridgehead atoms. The number of aliphatic carboxylic acids is 3. The van der Waals surface area contributed by atoms with Crippen LogP contribution in [-0.4, -0.2) is 226 Å². The highest BCUT2D eigenvalue weighted by Crippen LogP contribution is 2.24. The number of carbonyl (C=O) groups excluding carboxylic acids is 1. The van der Waals surface area contributed by atoms with E-state index in [1.807, 2.05) is 24.3 Å². The number of carboxylic acids is 3. The van der Waals surface area contributed by atoms with Gasteiger partial charge in [-0.3, -0.25) is 44.1 Å². The number of hydrogen-bond acceptors (Lipinski definition) is 19. The Hall–Kier alpha value is -5.24. The highest BCUT2D eigenvalue weighted by Gasteiger charge is 2.23. The Labute approximate surface area is 365 Å². The van der Waals surface area contributed by atoms with Crippen molar-refractivity contribution in [1.29, 1.82) is 0 Å². The summed E-state index contributed by atoms with van der Waals surface area (Å²) in [6, 6.07) is 13.3. The van der Waals surface area contributed by atoms with Crippen molar-refractivity contribution in [2.24, 2.45) is 10.2 Å². The van der Waals surface area contributed by atoms with Crippen molar-refractivity contribution in [3.05, 3.63) is 58.6 Å². The van der Waals surface area contributed by atoms with Gasteiger partial charge in [0.05, 0.1) is 108 Å². The van der Waals surface area contributed by atoms with Crippen molar-refractivity contribution in [3.8, 4) is 0 Å². The van der Waals surface area contributed by atoms with Gasteiger partial charge in [0.1, 0.15) is 0 Å². The van der Waals surface area contributed by atoms with Gasteiger partial charge in [0, 0.05) is 83.3 Å². The molecule has 2 aliphatic rings. The van der Waals surface area contributed by atoms with Gasteiger partial charge in [0.2, 0.25) is 0 Å². The van der Waals surface area contributed by atoms with E-state index in [4.69, 9.17) is 23.8 Å². The number of non-ortho nitro benzene ring substituents is 1. The van der Waals surface area contributed by atoms with Gasteiger partial charge < -0.3 is 44.0 Å². The number of benzene rings is 2. The van der Waals surface area contributed by atoms with E-state index in [9.17, 15) is 44.6 Å². The summed E-state index contributed by atoms with van der Waals surface area (Å²) in [4.78, 5) is 73.3. The SMILES string of the molecule is O=C(O)CN1CCN(CC(=O)O)CCN(CC(=O)ON2CCOCCOCCN(c3ccc(N=Nc4ccc([N+](=O)[O-])cc4)cc3)CCOCCOCC2)CCN(CC(=O)O)CC1. The van der Waals surface area contributed by atoms with E-state index in [0.29, 0.717) is 64.1 Å². The van der Waals surface area contributed by atoms with Crippen molar-refractivity contribution >= 4 is 46.6 Å². The van der Waals surface area contributed by atoms with E-state index < -0.39 is 28.8 Å². The number of carbonyl (C=O) groups is 4. The van der Waals surface area contributed by atoms with Crippen LogP contribution in [0.2, 0.25) is 0 Å². The fraction of sp³-hybridized carbons (Fsp3) is 0.600. The van der Waals surface area contributed by atoms with Crippen LogP contribution < -0.4 is 4.90 Å². The predicted molar refractivity (Wildman–Crippen MR) is 226 cm³/mol. The molecule has 2 aliphatic heterocycles. The molecule has 348 valence electrons. The van der Waals surface area contributed by atoms with Crippen molar-refractivity contribution in [2.45, 2.75) is 0 Å². The molecule has 2 aromatic carbocycles. The number of azo groups is 1. The molecule has 23 heteroatoms. The molecule has 0 aliphatic carbocycles. The van der Waals surface area contributed by atoms with Crippen LogP contribution in [-0.2, 0) is 43.0 Å². The van der Waals surface area contributed by atoms with Gasteiger partial charge in [0.25, 0.3) is 5.69 Å². The van der Waals surface area contributed by atoms with E-state index in [2.05, 4.69) is 15.1 Å². The smallest absolute Gasteiger partial charge is 0.339 e. The normalized spacial score (nSPS) is 19.3. The van der Waals surface area contributed by atoms with Gasteiger partial charge in [-0.1, -0.05) is 0 Å². The molecule has 63 heavy (non-hydrogen) atoms. The minimum Gasteiger partial charge on any atom is -0.480 e. The Balaban J connectivity index is 1.27. The molecule has 23 nitrogen and oxygen atoms in total. The number of nitrogens with zero attached hydrogens (tertiary/aromatic N) is 9. The molecule has 0 amide bonds. The van der Waals surface area contributed by atoms with E-state index >= 15 is 0 Å². The second-order valence-corrected chi connectivity index (χ2v) is 14.6. The van der Waals surface area contributed by atoms with Crippen molar-refractivity contribution < 1.29 is 63.2 Å². The highest BCUT2D eigenvalue weighted by atomic mass is 16.7. The molecule has 0 spiro atoms. The van der Waals surface area contributed by atoms with Crippen LogP contribution in [0.15, 0.2) is 58.8 Å². The summed E-state index contributed by atoms with van der Waals surface area (Å²) in [5, 5.41) is 49.2. The van der Waals surface area contributed by atoms with E-state index in [-0.39, 0.29) is 111 Å². The summed E-state index contributed by atoms with van der Waals surface area (Å²) in [6.45, 7) is 5.40. The topological polar surface area (TPSA) is 262 Å². The standard InChI is InChI=1S/C40H59N9O14/c50-37(51)29-43-9-11-44(30-38(52)53)13-15-46(16-14-45(12-10-43)31-39(54)55)32-40(56)63-48-19-23-61-27-25-59-21-17-47(18-22-60-26-28-62-24-20-48)35-5-1-33(2-6-35)41-42-34-3-7-36(8-4-34)49(57)58/h1-8H,9-32H2,(H,50,51)(H,52,53)(H,54,55). The number of nitro groups is 1. The Kier molecular flexibility index (Phi) is 22.8. The number of hydroxylamine groups is 2.